The Bertz CT molecular complexity index is 389. The van der Waals surface area contributed by atoms with Gasteiger partial charge in [0.25, 0.3) is 0 Å². The summed E-state index contributed by atoms with van der Waals surface area (Å²) >= 11 is 0. The van der Waals surface area contributed by atoms with Crippen molar-refractivity contribution in [2.45, 2.75) is 33.9 Å². The van der Waals surface area contributed by atoms with E-state index in [0.29, 0.717) is 0 Å². The Morgan fingerprint density at radius 3 is 1.55 bits per heavy atom. The van der Waals surface area contributed by atoms with Gasteiger partial charge in [0.05, 0.1) is 19.8 Å². The van der Waals surface area contributed by atoms with Crippen molar-refractivity contribution in [1.29, 1.82) is 0 Å². The highest BCUT2D eigenvalue weighted by Crippen LogP contribution is 2.18. The topological polar surface area (TPSA) is 88.6 Å². The molecule has 9 nitrogen and oxygen atoms in total. The minimum atomic E-state index is -0.613. The molecule has 0 saturated carbocycles. The first-order valence-electron chi connectivity index (χ1n) is 7.24. The van der Waals surface area contributed by atoms with E-state index in [4.69, 9.17) is 14.2 Å². The monoisotopic (exact) mass is 317 g/mol. The summed E-state index contributed by atoms with van der Waals surface area (Å²) < 4.78 is 14.8. The van der Waals surface area contributed by atoms with Crippen molar-refractivity contribution in [2.24, 2.45) is 0 Å². The number of carbonyl (C=O) groups is 3. The first-order valence-corrected chi connectivity index (χ1v) is 7.24. The summed E-state index contributed by atoms with van der Waals surface area (Å²) in [5.41, 5.74) is 0. The zero-order valence-electron chi connectivity index (χ0n) is 13.4. The number of rotatable bonds is 3. The predicted molar refractivity (Wildman–Crippen MR) is 75.8 cm³/mol. The lowest BCUT2D eigenvalue weighted by atomic mass is 10.4. The van der Waals surface area contributed by atoms with Gasteiger partial charge in [0, 0.05) is 0 Å². The van der Waals surface area contributed by atoms with Crippen molar-refractivity contribution in [2.75, 3.05) is 33.2 Å². The average Bonchev–Trinajstić information content (AvgIpc) is 2.48. The summed E-state index contributed by atoms with van der Waals surface area (Å²) in [7, 11) is 0. The summed E-state index contributed by atoms with van der Waals surface area (Å²) in [5.74, 6) is 0. The maximum absolute atomic E-state index is 12.0. The molecule has 0 N–H and O–H groups in total. The second kappa shape index (κ2) is 8.30. The van der Waals surface area contributed by atoms with Gasteiger partial charge in [-0.1, -0.05) is 0 Å². The van der Waals surface area contributed by atoms with Crippen LogP contribution in [0.4, 0.5) is 14.4 Å². The average molecular weight is 317 g/mol. The molecule has 0 aromatic carbocycles. The van der Waals surface area contributed by atoms with Crippen molar-refractivity contribution in [3.63, 3.8) is 0 Å². The number of carbonyl (C=O) groups excluding carboxylic acids is 3. The van der Waals surface area contributed by atoms with Crippen LogP contribution < -0.4 is 0 Å². The van der Waals surface area contributed by atoms with Gasteiger partial charge in [0.1, 0.15) is 19.5 Å². The van der Waals surface area contributed by atoms with E-state index in [0.717, 1.165) is 0 Å². The summed E-state index contributed by atoms with van der Waals surface area (Å²) in [5, 5.41) is 0. The zero-order chi connectivity index (χ0) is 16.7. The molecule has 3 amide bonds. The van der Waals surface area contributed by atoms with E-state index in [1.807, 2.05) is 0 Å². The molecule has 0 aromatic heterocycles. The molecule has 0 aromatic rings. The van der Waals surface area contributed by atoms with Crippen LogP contribution in [0.5, 0.6) is 0 Å². The van der Waals surface area contributed by atoms with E-state index in [2.05, 4.69) is 0 Å². The van der Waals surface area contributed by atoms with Crippen LogP contribution in [-0.2, 0) is 14.2 Å². The van der Waals surface area contributed by atoms with Crippen molar-refractivity contribution in [1.82, 2.24) is 14.7 Å². The molecule has 0 aliphatic carbocycles. The second-order valence-electron chi connectivity index (χ2n) is 4.49. The highest BCUT2D eigenvalue weighted by atomic mass is 16.6. The minimum Gasteiger partial charge on any atom is -0.450 e. The van der Waals surface area contributed by atoms with E-state index in [9.17, 15) is 14.4 Å². The highest BCUT2D eigenvalue weighted by molar-refractivity contribution is 5.74. The Kier molecular flexibility index (Phi) is 6.74. The molecular weight excluding hydrogens is 294 g/mol. The molecule has 1 aliphatic heterocycles. The van der Waals surface area contributed by atoms with Crippen molar-refractivity contribution >= 4 is 18.3 Å². The second-order valence-corrected chi connectivity index (χ2v) is 4.49. The van der Waals surface area contributed by atoms with Crippen LogP contribution in [0.2, 0.25) is 0 Å². The Hall–Kier alpha value is -2.19. The van der Waals surface area contributed by atoms with Gasteiger partial charge in [-0.3, -0.25) is 14.7 Å². The molecular formula is C13H23N3O6. The maximum atomic E-state index is 12.0. The third kappa shape index (κ3) is 4.15. The van der Waals surface area contributed by atoms with Gasteiger partial charge in [0.15, 0.2) is 0 Å². The zero-order valence-corrected chi connectivity index (χ0v) is 13.4. The molecule has 9 heteroatoms. The van der Waals surface area contributed by atoms with Crippen LogP contribution in [-0.4, -0.2) is 72.3 Å². The quantitative estimate of drug-likeness (QED) is 0.735. The lowest BCUT2D eigenvalue weighted by Crippen LogP contribution is -2.64. The van der Waals surface area contributed by atoms with Gasteiger partial charge in [0.2, 0.25) is 0 Å². The van der Waals surface area contributed by atoms with Gasteiger partial charge in [-0.25, -0.2) is 14.4 Å². The summed E-state index contributed by atoms with van der Waals surface area (Å²) in [6.45, 7) is 7.25. The van der Waals surface area contributed by atoms with Crippen LogP contribution in [0.3, 0.4) is 0 Å². The number of hydrogen-bond acceptors (Lipinski definition) is 6. The molecule has 1 heterocycles. The highest BCUT2D eigenvalue weighted by Gasteiger charge is 2.39. The smallest absolute Gasteiger partial charge is 0.412 e. The Morgan fingerprint density at radius 1 is 0.818 bits per heavy atom. The van der Waals surface area contributed by atoms with Crippen LogP contribution >= 0.6 is 0 Å². The van der Waals surface area contributed by atoms with Gasteiger partial charge < -0.3 is 14.2 Å². The normalized spacial score (nSPS) is 15.5. The molecule has 0 spiro atoms. The Morgan fingerprint density at radius 2 is 1.18 bits per heavy atom. The molecule has 22 heavy (non-hydrogen) atoms. The number of amides is 3. The fourth-order valence-electron chi connectivity index (χ4n) is 1.98. The number of nitrogens with zero attached hydrogens (tertiary/aromatic N) is 3. The number of ether oxygens (including phenoxy) is 3. The standard InChI is InChI=1S/C13H23N3O6/c1-5-20-11(17)14-8-15(12(18)21-6-2)10(4)16(9-14)13(19)22-7-3/h10H,5-9H2,1-4H3. The largest absolute Gasteiger partial charge is 0.450 e. The van der Waals surface area contributed by atoms with Crippen LogP contribution in [0, 0.1) is 0 Å². The third-order valence-corrected chi connectivity index (χ3v) is 3.08. The maximum Gasteiger partial charge on any atom is 0.412 e. The summed E-state index contributed by atoms with van der Waals surface area (Å²) in [6, 6.07) is 0. The first-order chi connectivity index (χ1) is 10.5. The van der Waals surface area contributed by atoms with Crippen LogP contribution in [0.1, 0.15) is 27.7 Å². The van der Waals surface area contributed by atoms with E-state index in [1.54, 1.807) is 27.7 Å². The van der Waals surface area contributed by atoms with Gasteiger partial charge in [-0.15, -0.1) is 0 Å². The molecule has 0 radical (unpaired) electrons. The molecule has 1 saturated heterocycles. The van der Waals surface area contributed by atoms with Crippen LogP contribution in [0.15, 0.2) is 0 Å². The van der Waals surface area contributed by atoms with Gasteiger partial charge >= 0.3 is 18.3 Å². The summed E-state index contributed by atoms with van der Waals surface area (Å²) in [4.78, 5) is 39.7. The third-order valence-electron chi connectivity index (χ3n) is 3.08. The molecule has 126 valence electrons. The number of hydrogen-bond donors (Lipinski definition) is 0. The predicted octanol–water partition coefficient (Wildman–Crippen LogP) is 1.64. The van der Waals surface area contributed by atoms with Crippen LogP contribution in [0.25, 0.3) is 0 Å². The van der Waals surface area contributed by atoms with Crippen molar-refractivity contribution in [3.05, 3.63) is 0 Å². The van der Waals surface area contributed by atoms with E-state index >= 15 is 0 Å². The van der Waals surface area contributed by atoms with E-state index in [-0.39, 0.29) is 33.2 Å². The van der Waals surface area contributed by atoms with Crippen molar-refractivity contribution in [3.8, 4) is 0 Å². The van der Waals surface area contributed by atoms with E-state index < -0.39 is 24.4 Å². The van der Waals surface area contributed by atoms with Crippen molar-refractivity contribution < 1.29 is 28.6 Å². The molecule has 1 fully saturated rings. The molecule has 0 unspecified atom stereocenters. The van der Waals surface area contributed by atoms with Gasteiger partial charge in [-0.2, -0.15) is 0 Å². The fourth-order valence-corrected chi connectivity index (χ4v) is 1.98. The van der Waals surface area contributed by atoms with Gasteiger partial charge in [-0.05, 0) is 27.7 Å². The lowest BCUT2D eigenvalue weighted by Gasteiger charge is -2.44. The lowest BCUT2D eigenvalue weighted by molar-refractivity contribution is -0.0552. The molecule has 0 atom stereocenters. The molecule has 1 rings (SSSR count). The molecule has 0 bridgehead atoms. The Balaban J connectivity index is 2.94. The first kappa shape index (κ1) is 17.9. The Labute approximate surface area is 129 Å². The fraction of sp³-hybridized carbons (Fsp3) is 0.769. The summed E-state index contributed by atoms with van der Waals surface area (Å²) in [6.07, 6.45) is -2.43. The van der Waals surface area contributed by atoms with E-state index in [1.165, 1.54) is 14.7 Å². The SMILES string of the molecule is CCOC(=O)N1CN(C(=O)OCC)C(C)N(C(=O)OCC)C1. The molecule has 1 aliphatic rings. The minimum absolute atomic E-state index is 0.0191.